The first-order chi connectivity index (χ1) is 11.5. The van der Waals surface area contributed by atoms with Crippen LogP contribution in [0.2, 0.25) is 5.02 Å². The average Bonchev–Trinajstić information content (AvgIpc) is 2.59. The molecule has 0 radical (unpaired) electrons. The summed E-state index contributed by atoms with van der Waals surface area (Å²) < 4.78 is 0. The van der Waals surface area contributed by atoms with Gasteiger partial charge in [-0.25, -0.2) is 0 Å². The Hall–Kier alpha value is -3.10. The fraction of sp³-hybridized carbons (Fsp3) is 0.0556. The second kappa shape index (κ2) is 7.95. The molecule has 2 aromatic rings. The predicted molar refractivity (Wildman–Crippen MR) is 92.4 cm³/mol. The Labute approximate surface area is 144 Å². The summed E-state index contributed by atoms with van der Waals surface area (Å²) >= 11 is 6.01. The van der Waals surface area contributed by atoms with Crippen LogP contribution in [0.25, 0.3) is 0 Å². The van der Waals surface area contributed by atoms with Crippen molar-refractivity contribution in [2.75, 3.05) is 5.32 Å². The highest BCUT2D eigenvalue weighted by Gasteiger charge is 2.14. The standard InChI is InChI=1S/C18H14ClN3O2/c1-12-15(19)8-5-9-16(12)21-11-14(10-20)18(24)22-17(23)13-6-3-2-4-7-13/h2-9,11,21H,1H3,(H,22,23,24)/b14-11-. The Balaban J connectivity index is 2.10. The van der Waals surface area contributed by atoms with Crippen LogP contribution in [-0.4, -0.2) is 11.8 Å². The summed E-state index contributed by atoms with van der Waals surface area (Å²) in [6.07, 6.45) is 1.24. The van der Waals surface area contributed by atoms with Gasteiger partial charge in [0.2, 0.25) is 0 Å². The second-order valence-electron chi connectivity index (χ2n) is 4.88. The van der Waals surface area contributed by atoms with Gasteiger partial charge in [-0.3, -0.25) is 14.9 Å². The quantitative estimate of drug-likeness (QED) is 0.660. The van der Waals surface area contributed by atoms with Crippen LogP contribution in [0.15, 0.2) is 60.3 Å². The fourth-order valence-electron chi connectivity index (χ4n) is 1.89. The number of benzene rings is 2. The largest absolute Gasteiger partial charge is 0.360 e. The first-order valence-electron chi connectivity index (χ1n) is 7.05. The van der Waals surface area contributed by atoms with Crippen molar-refractivity contribution in [1.82, 2.24) is 5.32 Å². The number of imide groups is 1. The molecule has 0 bridgehead atoms. The number of hydrogen-bond acceptors (Lipinski definition) is 4. The molecule has 0 aliphatic heterocycles. The van der Waals surface area contributed by atoms with Gasteiger partial charge in [0.1, 0.15) is 11.6 Å². The van der Waals surface area contributed by atoms with Gasteiger partial charge in [-0.2, -0.15) is 5.26 Å². The fourth-order valence-corrected chi connectivity index (χ4v) is 2.07. The third kappa shape index (κ3) is 4.22. The van der Waals surface area contributed by atoms with Crippen molar-refractivity contribution in [3.63, 3.8) is 0 Å². The van der Waals surface area contributed by atoms with Gasteiger partial charge in [-0.1, -0.05) is 35.9 Å². The van der Waals surface area contributed by atoms with E-state index in [1.807, 2.05) is 6.92 Å². The van der Waals surface area contributed by atoms with Gasteiger partial charge in [0.05, 0.1) is 0 Å². The van der Waals surface area contributed by atoms with Crippen molar-refractivity contribution in [3.05, 3.63) is 76.5 Å². The molecule has 0 saturated heterocycles. The number of halogens is 1. The van der Waals surface area contributed by atoms with Crippen LogP contribution >= 0.6 is 11.6 Å². The van der Waals surface area contributed by atoms with Gasteiger partial charge in [-0.15, -0.1) is 0 Å². The van der Waals surface area contributed by atoms with E-state index in [0.29, 0.717) is 16.3 Å². The minimum Gasteiger partial charge on any atom is -0.360 e. The van der Waals surface area contributed by atoms with E-state index in [4.69, 9.17) is 16.9 Å². The molecule has 0 saturated carbocycles. The van der Waals surface area contributed by atoms with Crippen LogP contribution in [0.3, 0.4) is 0 Å². The van der Waals surface area contributed by atoms with Crippen LogP contribution in [0.4, 0.5) is 5.69 Å². The van der Waals surface area contributed by atoms with Gasteiger partial charge >= 0.3 is 0 Å². The number of nitrogens with zero attached hydrogens (tertiary/aromatic N) is 1. The lowest BCUT2D eigenvalue weighted by Gasteiger charge is -2.08. The van der Waals surface area contributed by atoms with Gasteiger partial charge in [0, 0.05) is 22.5 Å². The van der Waals surface area contributed by atoms with Crippen molar-refractivity contribution < 1.29 is 9.59 Å². The Kier molecular flexibility index (Phi) is 5.72. The van der Waals surface area contributed by atoms with E-state index < -0.39 is 11.8 Å². The molecule has 6 heteroatoms. The Bertz CT molecular complexity index is 839. The van der Waals surface area contributed by atoms with E-state index in [1.165, 1.54) is 6.20 Å². The van der Waals surface area contributed by atoms with E-state index in [1.54, 1.807) is 54.6 Å². The van der Waals surface area contributed by atoms with Crippen LogP contribution < -0.4 is 10.6 Å². The number of nitriles is 1. The van der Waals surface area contributed by atoms with Gasteiger partial charge in [0.15, 0.2) is 0 Å². The maximum absolute atomic E-state index is 12.0. The molecule has 0 aliphatic rings. The molecule has 5 nitrogen and oxygen atoms in total. The first kappa shape index (κ1) is 17.3. The van der Waals surface area contributed by atoms with E-state index in [9.17, 15) is 9.59 Å². The zero-order valence-electron chi connectivity index (χ0n) is 12.8. The lowest BCUT2D eigenvalue weighted by molar-refractivity contribution is -0.116. The van der Waals surface area contributed by atoms with E-state index >= 15 is 0 Å². The minimum absolute atomic E-state index is 0.223. The van der Waals surface area contributed by atoms with Crippen molar-refractivity contribution >= 4 is 29.1 Å². The number of anilines is 1. The predicted octanol–water partition coefficient (Wildman–Crippen LogP) is 3.42. The minimum atomic E-state index is -0.779. The third-order valence-corrected chi connectivity index (χ3v) is 3.68. The maximum atomic E-state index is 12.0. The smallest absolute Gasteiger partial charge is 0.270 e. The van der Waals surface area contributed by atoms with Crippen LogP contribution in [0, 0.1) is 18.3 Å². The summed E-state index contributed by atoms with van der Waals surface area (Å²) in [5, 5.41) is 14.7. The van der Waals surface area contributed by atoms with E-state index in [-0.39, 0.29) is 5.57 Å². The lowest BCUT2D eigenvalue weighted by Crippen LogP contribution is -2.31. The summed E-state index contributed by atoms with van der Waals surface area (Å²) in [6.45, 7) is 1.81. The third-order valence-electron chi connectivity index (χ3n) is 3.27. The summed E-state index contributed by atoms with van der Waals surface area (Å²) in [4.78, 5) is 24.0. The van der Waals surface area contributed by atoms with Crippen LogP contribution in [0.5, 0.6) is 0 Å². The normalized spacial score (nSPS) is 10.6. The molecule has 0 aliphatic carbocycles. The molecule has 2 rings (SSSR count). The maximum Gasteiger partial charge on any atom is 0.270 e. The number of rotatable bonds is 4. The number of carbonyl (C=O) groups excluding carboxylic acids is 2. The van der Waals surface area contributed by atoms with Gasteiger partial charge in [0.25, 0.3) is 11.8 Å². The van der Waals surface area contributed by atoms with Crippen LogP contribution in [-0.2, 0) is 4.79 Å². The number of amides is 2. The zero-order valence-corrected chi connectivity index (χ0v) is 13.6. The van der Waals surface area contributed by atoms with Crippen molar-refractivity contribution in [2.24, 2.45) is 0 Å². The molecule has 0 atom stereocenters. The molecule has 2 amide bonds. The van der Waals surface area contributed by atoms with Crippen molar-refractivity contribution in [1.29, 1.82) is 5.26 Å². The van der Waals surface area contributed by atoms with E-state index in [0.717, 1.165) is 5.56 Å². The SMILES string of the molecule is Cc1c(Cl)cccc1N/C=C(/C#N)C(=O)NC(=O)c1ccccc1. The summed E-state index contributed by atoms with van der Waals surface area (Å²) in [7, 11) is 0. The number of nitrogens with one attached hydrogen (secondary N) is 2. The van der Waals surface area contributed by atoms with E-state index in [2.05, 4.69) is 10.6 Å². The molecule has 120 valence electrons. The first-order valence-corrected chi connectivity index (χ1v) is 7.43. The highest BCUT2D eigenvalue weighted by atomic mass is 35.5. The molecule has 24 heavy (non-hydrogen) atoms. The van der Waals surface area contributed by atoms with Crippen LogP contribution in [0.1, 0.15) is 15.9 Å². The highest BCUT2D eigenvalue weighted by Crippen LogP contribution is 2.23. The molecular weight excluding hydrogens is 326 g/mol. The zero-order chi connectivity index (χ0) is 17.5. The monoisotopic (exact) mass is 339 g/mol. The summed E-state index contributed by atoms with van der Waals surface area (Å²) in [5.41, 5.74) is 1.56. The Morgan fingerprint density at radius 2 is 1.83 bits per heavy atom. The Morgan fingerprint density at radius 3 is 2.50 bits per heavy atom. The molecule has 0 spiro atoms. The highest BCUT2D eigenvalue weighted by molar-refractivity contribution is 6.31. The van der Waals surface area contributed by atoms with Crippen molar-refractivity contribution in [3.8, 4) is 6.07 Å². The van der Waals surface area contributed by atoms with Gasteiger partial charge in [-0.05, 0) is 36.8 Å². The lowest BCUT2D eigenvalue weighted by atomic mass is 10.2. The summed E-state index contributed by atoms with van der Waals surface area (Å²) in [6, 6.07) is 15.3. The molecule has 2 N–H and O–H groups in total. The molecule has 0 unspecified atom stereocenters. The second-order valence-corrected chi connectivity index (χ2v) is 5.28. The van der Waals surface area contributed by atoms with Gasteiger partial charge < -0.3 is 5.32 Å². The topological polar surface area (TPSA) is 82.0 Å². The number of carbonyl (C=O) groups is 2. The molecule has 0 fully saturated rings. The molecule has 0 heterocycles. The summed E-state index contributed by atoms with van der Waals surface area (Å²) in [5.74, 6) is -1.35. The molecular formula is C18H14ClN3O2. The average molecular weight is 340 g/mol. The molecule has 2 aromatic carbocycles. The Morgan fingerprint density at radius 1 is 1.12 bits per heavy atom. The molecule has 0 aromatic heterocycles. The number of hydrogen-bond donors (Lipinski definition) is 2. The van der Waals surface area contributed by atoms with Crippen molar-refractivity contribution in [2.45, 2.75) is 6.92 Å².